The first kappa shape index (κ1) is 14.5. The highest BCUT2D eigenvalue weighted by Crippen LogP contribution is 2.26. The molecule has 1 aliphatic rings. The molecule has 1 rings (SSSR count). The number of nitrogens with zero attached hydrogens (tertiary/aromatic N) is 1. The minimum absolute atomic E-state index is 0.137. The molecule has 0 amide bonds. The molecule has 3 N–H and O–H groups in total. The van der Waals surface area contributed by atoms with Gasteiger partial charge in [0.15, 0.2) is 0 Å². The zero-order chi connectivity index (χ0) is 13.1. The molecule has 1 heterocycles. The van der Waals surface area contributed by atoms with Crippen LogP contribution in [0.5, 0.6) is 0 Å². The molecule has 2 atom stereocenters. The Kier molecular flexibility index (Phi) is 4.99. The van der Waals surface area contributed by atoms with Crippen molar-refractivity contribution in [3.05, 3.63) is 0 Å². The quantitative estimate of drug-likeness (QED) is 0.572. The molecule has 0 radical (unpaired) electrons. The van der Waals surface area contributed by atoms with E-state index >= 15 is 0 Å². The van der Waals surface area contributed by atoms with Gasteiger partial charge in [0.05, 0.1) is 5.84 Å². The van der Waals surface area contributed by atoms with E-state index in [9.17, 15) is 0 Å². The summed E-state index contributed by atoms with van der Waals surface area (Å²) in [5.74, 6) is 0.317. The van der Waals surface area contributed by atoms with Crippen LogP contribution in [0.15, 0.2) is 0 Å². The highest BCUT2D eigenvalue weighted by Gasteiger charge is 2.26. The molecule has 1 saturated heterocycles. The number of nitrogens with two attached hydrogens (primary N) is 1. The fourth-order valence-electron chi connectivity index (χ4n) is 2.75. The topological polar surface area (TPSA) is 53.1 Å². The van der Waals surface area contributed by atoms with Gasteiger partial charge in [-0.3, -0.25) is 10.3 Å². The predicted octanol–water partition coefficient (Wildman–Crippen LogP) is 2.99. The van der Waals surface area contributed by atoms with Crippen molar-refractivity contribution in [2.45, 2.75) is 71.9 Å². The summed E-state index contributed by atoms with van der Waals surface area (Å²) in [5.41, 5.74) is 5.48. The zero-order valence-corrected chi connectivity index (χ0v) is 11.9. The number of rotatable bonds is 5. The van der Waals surface area contributed by atoms with Crippen LogP contribution in [0.25, 0.3) is 0 Å². The normalized spacial score (nSPS) is 27.1. The summed E-state index contributed by atoms with van der Waals surface area (Å²) in [6.45, 7) is 9.97. The molecule has 1 fully saturated rings. The lowest BCUT2D eigenvalue weighted by Crippen LogP contribution is -2.44. The van der Waals surface area contributed by atoms with Gasteiger partial charge in [0, 0.05) is 17.5 Å². The van der Waals surface area contributed by atoms with E-state index in [1.54, 1.807) is 0 Å². The summed E-state index contributed by atoms with van der Waals surface area (Å²) in [6.07, 6.45) is 6.19. The van der Waals surface area contributed by atoms with Gasteiger partial charge in [0.2, 0.25) is 0 Å². The van der Waals surface area contributed by atoms with E-state index in [1.807, 2.05) is 0 Å². The Morgan fingerprint density at radius 3 is 2.29 bits per heavy atom. The molecule has 17 heavy (non-hydrogen) atoms. The van der Waals surface area contributed by atoms with Crippen LogP contribution < -0.4 is 5.73 Å². The second kappa shape index (κ2) is 5.85. The van der Waals surface area contributed by atoms with Crippen LogP contribution in [0.1, 0.15) is 59.8 Å². The van der Waals surface area contributed by atoms with Crippen LogP contribution in [0, 0.1) is 10.8 Å². The Balaban J connectivity index is 2.37. The SMILES string of the molecule is CC1CCCC(C)N1CCCC(C)(C)C(=N)N. The molecular weight excluding hydrogens is 210 g/mol. The summed E-state index contributed by atoms with van der Waals surface area (Å²) in [4.78, 5) is 2.62. The van der Waals surface area contributed by atoms with E-state index < -0.39 is 0 Å². The smallest absolute Gasteiger partial charge is 0.0963 e. The van der Waals surface area contributed by atoms with E-state index in [-0.39, 0.29) is 5.41 Å². The van der Waals surface area contributed by atoms with Gasteiger partial charge in [-0.15, -0.1) is 0 Å². The van der Waals surface area contributed by atoms with Crippen molar-refractivity contribution in [3.63, 3.8) is 0 Å². The number of likely N-dealkylation sites (tertiary alicyclic amines) is 1. The third-order valence-corrected chi connectivity index (χ3v) is 4.32. The third-order valence-electron chi connectivity index (χ3n) is 4.32. The fourth-order valence-corrected chi connectivity index (χ4v) is 2.75. The summed E-state index contributed by atoms with van der Waals surface area (Å²) in [7, 11) is 0. The highest BCUT2D eigenvalue weighted by molar-refractivity contribution is 5.82. The number of piperidine rings is 1. The van der Waals surface area contributed by atoms with E-state index in [2.05, 4.69) is 32.6 Å². The highest BCUT2D eigenvalue weighted by atomic mass is 15.2. The van der Waals surface area contributed by atoms with Crippen LogP contribution >= 0.6 is 0 Å². The van der Waals surface area contributed by atoms with Crippen molar-refractivity contribution in [3.8, 4) is 0 Å². The molecular formula is C14H29N3. The Morgan fingerprint density at radius 1 is 1.29 bits per heavy atom. The average Bonchev–Trinajstić information content (AvgIpc) is 2.22. The summed E-state index contributed by atoms with van der Waals surface area (Å²) in [6, 6.07) is 1.44. The molecule has 0 aromatic rings. The molecule has 0 aliphatic carbocycles. The largest absolute Gasteiger partial charge is 0.387 e. The predicted molar refractivity (Wildman–Crippen MR) is 74.4 cm³/mol. The number of amidine groups is 1. The molecule has 3 heteroatoms. The molecule has 100 valence electrons. The Hall–Kier alpha value is -0.570. The first-order valence-corrected chi connectivity index (χ1v) is 6.95. The van der Waals surface area contributed by atoms with Gasteiger partial charge >= 0.3 is 0 Å². The molecule has 2 unspecified atom stereocenters. The van der Waals surface area contributed by atoms with Crippen molar-refractivity contribution >= 4 is 5.84 Å². The number of nitrogens with one attached hydrogen (secondary N) is 1. The van der Waals surface area contributed by atoms with Crippen LogP contribution in [-0.2, 0) is 0 Å². The molecule has 3 nitrogen and oxygen atoms in total. The Bertz CT molecular complexity index is 250. The van der Waals surface area contributed by atoms with Crippen molar-refractivity contribution in [2.24, 2.45) is 11.1 Å². The second-order valence-corrected chi connectivity index (χ2v) is 6.27. The van der Waals surface area contributed by atoms with Crippen molar-refractivity contribution in [1.29, 1.82) is 5.41 Å². The minimum Gasteiger partial charge on any atom is -0.387 e. The maximum Gasteiger partial charge on any atom is 0.0963 e. The number of hydrogen-bond donors (Lipinski definition) is 2. The van der Waals surface area contributed by atoms with Gasteiger partial charge in [-0.1, -0.05) is 20.3 Å². The van der Waals surface area contributed by atoms with Gasteiger partial charge in [-0.2, -0.15) is 0 Å². The molecule has 0 bridgehead atoms. The van der Waals surface area contributed by atoms with Crippen molar-refractivity contribution in [2.75, 3.05) is 6.54 Å². The summed E-state index contributed by atoms with van der Waals surface area (Å²) >= 11 is 0. The maximum absolute atomic E-state index is 7.56. The van der Waals surface area contributed by atoms with Gasteiger partial charge in [-0.25, -0.2) is 0 Å². The van der Waals surface area contributed by atoms with Crippen LogP contribution in [0.3, 0.4) is 0 Å². The maximum atomic E-state index is 7.56. The van der Waals surface area contributed by atoms with E-state index in [4.69, 9.17) is 11.1 Å². The number of hydrogen-bond acceptors (Lipinski definition) is 2. The van der Waals surface area contributed by atoms with Gasteiger partial charge in [-0.05, 0) is 46.1 Å². The first-order chi connectivity index (χ1) is 7.84. The fraction of sp³-hybridized carbons (Fsp3) is 0.929. The van der Waals surface area contributed by atoms with E-state index in [0.29, 0.717) is 5.84 Å². The third kappa shape index (κ3) is 3.98. The van der Waals surface area contributed by atoms with Crippen LogP contribution in [-0.4, -0.2) is 29.4 Å². The van der Waals surface area contributed by atoms with Crippen LogP contribution in [0.4, 0.5) is 0 Å². The monoisotopic (exact) mass is 239 g/mol. The Labute approximate surface area is 106 Å². The lowest BCUT2D eigenvalue weighted by molar-refractivity contribution is 0.0990. The second-order valence-electron chi connectivity index (χ2n) is 6.27. The standard InChI is InChI=1S/C14H29N3/c1-11-7-5-8-12(2)17(11)10-6-9-14(3,4)13(15)16/h11-12H,5-10H2,1-4H3,(H3,15,16). The summed E-state index contributed by atoms with van der Waals surface area (Å²) < 4.78 is 0. The summed E-state index contributed by atoms with van der Waals surface area (Å²) in [5, 5.41) is 7.56. The average molecular weight is 239 g/mol. The van der Waals surface area contributed by atoms with Crippen molar-refractivity contribution < 1.29 is 0 Å². The molecule has 0 spiro atoms. The molecule has 0 aromatic carbocycles. The molecule has 1 aliphatic heterocycles. The van der Waals surface area contributed by atoms with Gasteiger partial charge < -0.3 is 5.73 Å². The van der Waals surface area contributed by atoms with E-state index in [1.165, 1.54) is 19.3 Å². The first-order valence-electron chi connectivity index (χ1n) is 6.95. The van der Waals surface area contributed by atoms with E-state index in [0.717, 1.165) is 31.5 Å². The molecule has 0 saturated carbocycles. The van der Waals surface area contributed by atoms with Gasteiger partial charge in [0.25, 0.3) is 0 Å². The lowest BCUT2D eigenvalue weighted by Gasteiger charge is -2.39. The Morgan fingerprint density at radius 2 is 1.82 bits per heavy atom. The lowest BCUT2D eigenvalue weighted by atomic mass is 9.86. The zero-order valence-electron chi connectivity index (χ0n) is 11.9. The van der Waals surface area contributed by atoms with Gasteiger partial charge in [0.1, 0.15) is 0 Å². The minimum atomic E-state index is -0.137. The van der Waals surface area contributed by atoms with Crippen molar-refractivity contribution in [1.82, 2.24) is 4.90 Å². The molecule has 0 aromatic heterocycles. The van der Waals surface area contributed by atoms with Crippen LogP contribution in [0.2, 0.25) is 0 Å².